The van der Waals surface area contributed by atoms with Gasteiger partial charge in [-0.3, -0.25) is 4.79 Å². The first-order chi connectivity index (χ1) is 13.0. The van der Waals surface area contributed by atoms with E-state index in [4.69, 9.17) is 14.2 Å². The van der Waals surface area contributed by atoms with Gasteiger partial charge in [0.25, 0.3) is 0 Å². The number of ketones is 1. The van der Waals surface area contributed by atoms with Crippen LogP contribution in [-0.4, -0.2) is 44.8 Å². The highest BCUT2D eigenvalue weighted by Gasteiger charge is 2.42. The average Bonchev–Trinajstić information content (AvgIpc) is 3.11. The Hall–Kier alpha value is -2.53. The fourth-order valence-electron chi connectivity index (χ4n) is 4.23. The predicted molar refractivity (Wildman–Crippen MR) is 102 cm³/mol. The Kier molecular flexibility index (Phi) is 4.56. The fraction of sp³-hybridized carbons (Fsp3) is 0.409. The van der Waals surface area contributed by atoms with E-state index in [0.29, 0.717) is 18.6 Å². The van der Waals surface area contributed by atoms with Crippen molar-refractivity contribution in [2.45, 2.75) is 25.3 Å². The zero-order chi connectivity index (χ0) is 19.0. The van der Waals surface area contributed by atoms with Crippen LogP contribution in [0.3, 0.4) is 0 Å². The molecule has 0 radical (unpaired) electrons. The molecule has 2 aromatic carbocycles. The number of benzene rings is 2. The molecule has 2 aliphatic heterocycles. The van der Waals surface area contributed by atoms with Gasteiger partial charge in [0.1, 0.15) is 11.8 Å². The van der Waals surface area contributed by atoms with Gasteiger partial charge in [0.2, 0.25) is 12.5 Å². The number of carbonyl (C=O) groups is 1. The minimum absolute atomic E-state index is 0.0365. The van der Waals surface area contributed by atoms with Crippen LogP contribution >= 0.6 is 0 Å². The molecule has 0 fully saturated rings. The van der Waals surface area contributed by atoms with Gasteiger partial charge in [-0.2, -0.15) is 0 Å². The number of ether oxygens (including phenoxy) is 3. The van der Waals surface area contributed by atoms with Crippen LogP contribution in [0.2, 0.25) is 0 Å². The van der Waals surface area contributed by atoms with Crippen molar-refractivity contribution < 1.29 is 23.5 Å². The Morgan fingerprint density at radius 3 is 2.74 bits per heavy atom. The standard InChI is InChI=1S/C22H26NO4/c1-23(2)10-9-16-12-19-21(27-14-26-19)22(25-3)20(16)18(23)13-17(24)11-15-7-5-4-6-8-15/h4-8,12,18H,9-11,13-14H2,1-3H3/q+1. The number of quaternary nitrogens is 1. The van der Waals surface area contributed by atoms with E-state index in [1.54, 1.807) is 7.11 Å². The van der Waals surface area contributed by atoms with Crippen molar-refractivity contribution in [3.05, 3.63) is 53.1 Å². The van der Waals surface area contributed by atoms with Crippen molar-refractivity contribution in [1.29, 1.82) is 0 Å². The lowest BCUT2D eigenvalue weighted by Crippen LogP contribution is -2.48. The van der Waals surface area contributed by atoms with Crippen LogP contribution in [0.15, 0.2) is 36.4 Å². The number of fused-ring (bicyclic) bond motifs is 2. The van der Waals surface area contributed by atoms with Gasteiger partial charge in [-0.25, -0.2) is 0 Å². The molecule has 1 atom stereocenters. The van der Waals surface area contributed by atoms with E-state index < -0.39 is 0 Å². The first-order valence-corrected chi connectivity index (χ1v) is 9.37. The number of hydrogen-bond donors (Lipinski definition) is 0. The highest BCUT2D eigenvalue weighted by atomic mass is 16.7. The molecule has 1 unspecified atom stereocenters. The molecule has 0 spiro atoms. The maximum atomic E-state index is 12.9. The van der Waals surface area contributed by atoms with Crippen LogP contribution in [-0.2, 0) is 17.6 Å². The lowest BCUT2D eigenvalue weighted by Gasteiger charge is -2.43. The molecule has 2 aliphatic rings. The van der Waals surface area contributed by atoms with E-state index in [0.717, 1.165) is 40.1 Å². The normalized spacial score (nSPS) is 19.4. The summed E-state index contributed by atoms with van der Waals surface area (Å²) in [5, 5.41) is 0. The Morgan fingerprint density at radius 1 is 1.22 bits per heavy atom. The van der Waals surface area contributed by atoms with E-state index >= 15 is 0 Å². The lowest BCUT2D eigenvalue weighted by atomic mass is 9.86. The van der Waals surface area contributed by atoms with E-state index in [2.05, 4.69) is 20.2 Å². The van der Waals surface area contributed by atoms with Crippen molar-refractivity contribution in [1.82, 2.24) is 0 Å². The van der Waals surface area contributed by atoms with Crippen LogP contribution in [0.4, 0.5) is 0 Å². The molecule has 0 amide bonds. The van der Waals surface area contributed by atoms with Gasteiger partial charge in [-0.15, -0.1) is 0 Å². The second-order valence-corrected chi connectivity index (χ2v) is 7.89. The summed E-state index contributed by atoms with van der Waals surface area (Å²) in [6.45, 7) is 1.18. The fourth-order valence-corrected chi connectivity index (χ4v) is 4.23. The highest BCUT2D eigenvalue weighted by molar-refractivity contribution is 5.82. The number of nitrogens with zero attached hydrogens (tertiary/aromatic N) is 1. The van der Waals surface area contributed by atoms with Gasteiger partial charge in [0, 0.05) is 12.8 Å². The molecule has 142 valence electrons. The van der Waals surface area contributed by atoms with Crippen LogP contribution in [0.25, 0.3) is 0 Å². The summed E-state index contributed by atoms with van der Waals surface area (Å²) < 4.78 is 17.8. The molecule has 5 heteroatoms. The molecule has 0 aromatic heterocycles. The summed E-state index contributed by atoms with van der Waals surface area (Å²) in [6, 6.07) is 12.0. The van der Waals surface area contributed by atoms with Gasteiger partial charge >= 0.3 is 0 Å². The largest absolute Gasteiger partial charge is 0.492 e. The summed E-state index contributed by atoms with van der Waals surface area (Å²) in [5.41, 5.74) is 3.35. The zero-order valence-corrected chi connectivity index (χ0v) is 16.2. The van der Waals surface area contributed by atoms with Crippen LogP contribution in [0, 0.1) is 0 Å². The maximum absolute atomic E-state index is 12.9. The Morgan fingerprint density at radius 2 is 2.00 bits per heavy atom. The molecule has 2 heterocycles. The van der Waals surface area contributed by atoms with Crippen molar-refractivity contribution in [3.63, 3.8) is 0 Å². The van der Waals surface area contributed by atoms with E-state index in [-0.39, 0.29) is 18.6 Å². The summed E-state index contributed by atoms with van der Waals surface area (Å²) in [4.78, 5) is 12.9. The summed E-state index contributed by atoms with van der Waals surface area (Å²) >= 11 is 0. The third-order valence-electron chi connectivity index (χ3n) is 5.75. The molecule has 0 bridgehead atoms. The van der Waals surface area contributed by atoms with Crippen LogP contribution in [0.1, 0.15) is 29.2 Å². The van der Waals surface area contributed by atoms with Gasteiger partial charge in [0.05, 0.1) is 39.7 Å². The second kappa shape index (κ2) is 6.89. The van der Waals surface area contributed by atoms with Crippen molar-refractivity contribution in [2.24, 2.45) is 0 Å². The lowest BCUT2D eigenvalue weighted by molar-refractivity contribution is -0.922. The maximum Gasteiger partial charge on any atom is 0.231 e. The number of hydrogen-bond acceptors (Lipinski definition) is 4. The minimum atomic E-state index is 0.0365. The van der Waals surface area contributed by atoms with E-state index in [9.17, 15) is 4.79 Å². The average molecular weight is 368 g/mol. The monoisotopic (exact) mass is 368 g/mol. The Balaban J connectivity index is 1.69. The first kappa shape index (κ1) is 17.9. The molecule has 0 saturated carbocycles. The quantitative estimate of drug-likeness (QED) is 0.760. The zero-order valence-electron chi connectivity index (χ0n) is 16.2. The van der Waals surface area contributed by atoms with Crippen LogP contribution < -0.4 is 14.2 Å². The van der Waals surface area contributed by atoms with Crippen molar-refractivity contribution in [3.8, 4) is 17.2 Å². The predicted octanol–water partition coefficient (Wildman–Crippen LogP) is 3.30. The molecular weight excluding hydrogens is 342 g/mol. The van der Waals surface area contributed by atoms with E-state index in [1.165, 1.54) is 5.56 Å². The van der Waals surface area contributed by atoms with Crippen molar-refractivity contribution in [2.75, 3.05) is 34.5 Å². The molecule has 5 nitrogen and oxygen atoms in total. The number of carbonyl (C=O) groups excluding carboxylic acids is 1. The molecule has 0 saturated heterocycles. The number of Topliss-reactive ketones (excluding diaryl/α,β-unsaturated/α-hetero) is 1. The smallest absolute Gasteiger partial charge is 0.231 e. The third-order valence-corrected chi connectivity index (χ3v) is 5.75. The van der Waals surface area contributed by atoms with E-state index in [1.807, 2.05) is 30.3 Å². The first-order valence-electron chi connectivity index (χ1n) is 9.37. The van der Waals surface area contributed by atoms with Crippen molar-refractivity contribution >= 4 is 5.78 Å². The molecule has 27 heavy (non-hydrogen) atoms. The highest BCUT2D eigenvalue weighted by Crippen LogP contribution is 2.51. The second-order valence-electron chi connectivity index (χ2n) is 7.89. The SMILES string of the molecule is COc1c2c(cc3c1C(CC(=O)Cc1ccccc1)[N+](C)(C)CC3)OCO2. The molecule has 2 aromatic rings. The number of likely N-dealkylation sites (N-methyl/N-ethyl adjacent to an activating group) is 1. The van der Waals surface area contributed by atoms with Gasteiger partial charge in [-0.05, 0) is 17.2 Å². The van der Waals surface area contributed by atoms with Crippen LogP contribution in [0.5, 0.6) is 17.2 Å². The number of rotatable bonds is 5. The topological polar surface area (TPSA) is 44.8 Å². The van der Waals surface area contributed by atoms with Gasteiger partial charge in [0.15, 0.2) is 11.5 Å². The molecule has 0 aliphatic carbocycles. The van der Waals surface area contributed by atoms with Gasteiger partial charge < -0.3 is 18.7 Å². The summed E-state index contributed by atoms with van der Waals surface area (Å²) in [7, 11) is 6.04. The third kappa shape index (κ3) is 3.28. The Labute approximate surface area is 160 Å². The summed E-state index contributed by atoms with van der Waals surface area (Å²) in [6.07, 6.45) is 1.86. The molecule has 4 rings (SSSR count). The minimum Gasteiger partial charge on any atom is -0.492 e. The summed E-state index contributed by atoms with van der Waals surface area (Å²) in [5.74, 6) is 2.37. The molecule has 0 N–H and O–H groups in total. The van der Waals surface area contributed by atoms with Gasteiger partial charge in [-0.1, -0.05) is 30.3 Å². The Bertz CT molecular complexity index is 860. The molecular formula is C22H26NO4+. The number of methoxy groups -OCH3 is 1.